The highest BCUT2D eigenvalue weighted by molar-refractivity contribution is 7.98. The van der Waals surface area contributed by atoms with Crippen LogP contribution in [0.1, 0.15) is 26.7 Å². The van der Waals surface area contributed by atoms with Gasteiger partial charge in [0.25, 0.3) is 0 Å². The van der Waals surface area contributed by atoms with Crippen LogP contribution in [0.2, 0.25) is 0 Å². The summed E-state index contributed by atoms with van der Waals surface area (Å²) < 4.78 is 0. The van der Waals surface area contributed by atoms with E-state index in [0.717, 1.165) is 44.8 Å². The fourth-order valence-electron chi connectivity index (χ4n) is 1.58. The third-order valence-corrected chi connectivity index (χ3v) is 3.41. The summed E-state index contributed by atoms with van der Waals surface area (Å²) >= 11 is 1.84. The first kappa shape index (κ1) is 15.8. The minimum Gasteiger partial charge on any atom is -0.303 e. The fourth-order valence-corrected chi connectivity index (χ4v) is 2.04. The molecule has 0 heterocycles. The third kappa shape index (κ3) is 7.98. The molecule has 4 heteroatoms. The van der Waals surface area contributed by atoms with Crippen molar-refractivity contribution in [2.75, 3.05) is 38.2 Å². The topological polar surface area (TPSA) is 39.1 Å². The number of nitriles is 1. The van der Waals surface area contributed by atoms with Crippen LogP contribution in [0, 0.1) is 11.3 Å². The molecule has 0 aromatic rings. The lowest BCUT2D eigenvalue weighted by molar-refractivity contribution is 0.299. The van der Waals surface area contributed by atoms with Crippen molar-refractivity contribution in [1.82, 2.24) is 10.2 Å². The molecule has 1 unspecified atom stereocenters. The highest BCUT2D eigenvalue weighted by Gasteiger charge is 2.06. The van der Waals surface area contributed by atoms with Crippen molar-refractivity contribution in [3.8, 4) is 6.07 Å². The Bertz CT molecular complexity index is 187. The van der Waals surface area contributed by atoms with E-state index in [1.54, 1.807) is 0 Å². The lowest BCUT2D eigenvalue weighted by Gasteiger charge is -2.19. The zero-order valence-corrected chi connectivity index (χ0v) is 11.6. The fraction of sp³-hybridized carbons (Fsp3) is 0.917. The SMILES string of the molecule is CCN(CC)CCNC(C#N)CCCSC. The number of hydrogen-bond donors (Lipinski definition) is 1. The van der Waals surface area contributed by atoms with E-state index >= 15 is 0 Å². The number of rotatable bonds is 10. The summed E-state index contributed by atoms with van der Waals surface area (Å²) in [6, 6.07) is 2.36. The number of likely N-dealkylation sites (N-methyl/N-ethyl adjacent to an activating group) is 1. The summed E-state index contributed by atoms with van der Waals surface area (Å²) in [5, 5.41) is 12.3. The van der Waals surface area contributed by atoms with Gasteiger partial charge in [-0.1, -0.05) is 13.8 Å². The largest absolute Gasteiger partial charge is 0.303 e. The van der Waals surface area contributed by atoms with Gasteiger partial charge in [-0.3, -0.25) is 0 Å². The van der Waals surface area contributed by atoms with Gasteiger partial charge >= 0.3 is 0 Å². The van der Waals surface area contributed by atoms with Gasteiger partial charge in [-0.05, 0) is 37.9 Å². The average Bonchev–Trinajstić information content (AvgIpc) is 2.32. The molecule has 0 saturated carbocycles. The molecule has 0 aliphatic rings. The Morgan fingerprint density at radius 1 is 1.38 bits per heavy atom. The van der Waals surface area contributed by atoms with Gasteiger partial charge in [0.1, 0.15) is 0 Å². The summed E-state index contributed by atoms with van der Waals surface area (Å²) in [6.45, 7) is 8.46. The Hall–Kier alpha value is -0.240. The molecule has 0 aliphatic heterocycles. The van der Waals surface area contributed by atoms with E-state index < -0.39 is 0 Å². The van der Waals surface area contributed by atoms with E-state index in [2.05, 4.69) is 36.4 Å². The Morgan fingerprint density at radius 2 is 2.06 bits per heavy atom. The van der Waals surface area contributed by atoms with E-state index in [4.69, 9.17) is 5.26 Å². The summed E-state index contributed by atoms with van der Waals surface area (Å²) in [7, 11) is 0. The van der Waals surface area contributed by atoms with Gasteiger partial charge < -0.3 is 10.2 Å². The summed E-state index contributed by atoms with van der Waals surface area (Å²) in [4.78, 5) is 2.36. The Balaban J connectivity index is 3.58. The zero-order valence-electron chi connectivity index (χ0n) is 10.8. The highest BCUT2D eigenvalue weighted by Crippen LogP contribution is 2.02. The number of hydrogen-bond acceptors (Lipinski definition) is 4. The maximum absolute atomic E-state index is 8.97. The molecule has 0 aliphatic carbocycles. The molecule has 16 heavy (non-hydrogen) atoms. The zero-order chi connectivity index (χ0) is 12.2. The molecular formula is C12H25N3S. The average molecular weight is 243 g/mol. The predicted octanol–water partition coefficient (Wildman–Crippen LogP) is 1.95. The molecule has 0 saturated heterocycles. The second-order valence-electron chi connectivity index (χ2n) is 3.80. The molecule has 3 nitrogen and oxygen atoms in total. The second-order valence-corrected chi connectivity index (χ2v) is 4.78. The smallest absolute Gasteiger partial charge is 0.0953 e. The molecule has 0 fully saturated rings. The van der Waals surface area contributed by atoms with Crippen LogP contribution in [-0.2, 0) is 0 Å². The van der Waals surface area contributed by atoms with Gasteiger partial charge in [0.05, 0.1) is 12.1 Å². The number of thioether (sulfide) groups is 1. The first-order valence-electron chi connectivity index (χ1n) is 6.12. The Morgan fingerprint density at radius 3 is 2.56 bits per heavy atom. The van der Waals surface area contributed by atoms with Crippen LogP contribution in [0.3, 0.4) is 0 Å². The number of nitrogens with zero attached hydrogens (tertiary/aromatic N) is 2. The van der Waals surface area contributed by atoms with E-state index in [9.17, 15) is 0 Å². The van der Waals surface area contributed by atoms with Crippen molar-refractivity contribution in [2.45, 2.75) is 32.7 Å². The van der Waals surface area contributed by atoms with Crippen molar-refractivity contribution in [1.29, 1.82) is 5.26 Å². The molecule has 0 aromatic heterocycles. The molecule has 0 bridgehead atoms. The van der Waals surface area contributed by atoms with E-state index in [0.29, 0.717) is 0 Å². The van der Waals surface area contributed by atoms with Crippen molar-refractivity contribution in [2.24, 2.45) is 0 Å². The van der Waals surface area contributed by atoms with Gasteiger partial charge in [-0.25, -0.2) is 0 Å². The minimum atomic E-state index is 0.0303. The number of nitrogens with one attached hydrogen (secondary N) is 1. The van der Waals surface area contributed by atoms with Crippen LogP contribution < -0.4 is 5.32 Å². The van der Waals surface area contributed by atoms with Crippen molar-refractivity contribution < 1.29 is 0 Å². The lowest BCUT2D eigenvalue weighted by atomic mass is 10.2. The van der Waals surface area contributed by atoms with Crippen LogP contribution in [0.15, 0.2) is 0 Å². The summed E-state index contributed by atoms with van der Waals surface area (Å²) in [5.74, 6) is 1.15. The molecule has 0 spiro atoms. The standard InChI is InChI=1S/C12H25N3S/c1-4-15(5-2)9-8-14-12(11-13)7-6-10-16-3/h12,14H,4-10H2,1-3H3. The third-order valence-electron chi connectivity index (χ3n) is 2.71. The molecular weight excluding hydrogens is 218 g/mol. The Labute approximate surface area is 105 Å². The van der Waals surface area contributed by atoms with Crippen LogP contribution >= 0.6 is 11.8 Å². The normalized spacial score (nSPS) is 12.7. The molecule has 0 amide bonds. The molecule has 1 N–H and O–H groups in total. The second kappa shape index (κ2) is 11.3. The van der Waals surface area contributed by atoms with E-state index in [-0.39, 0.29) is 6.04 Å². The van der Waals surface area contributed by atoms with E-state index in [1.807, 2.05) is 11.8 Å². The van der Waals surface area contributed by atoms with Gasteiger partial charge in [0, 0.05) is 13.1 Å². The lowest BCUT2D eigenvalue weighted by Crippen LogP contribution is -2.36. The van der Waals surface area contributed by atoms with Gasteiger partial charge in [-0.2, -0.15) is 17.0 Å². The molecule has 0 rings (SSSR count). The first-order chi connectivity index (χ1) is 7.78. The monoisotopic (exact) mass is 243 g/mol. The van der Waals surface area contributed by atoms with Gasteiger partial charge in [0.15, 0.2) is 0 Å². The molecule has 0 radical (unpaired) electrons. The van der Waals surface area contributed by atoms with E-state index in [1.165, 1.54) is 0 Å². The molecule has 0 aromatic carbocycles. The van der Waals surface area contributed by atoms with Crippen molar-refractivity contribution >= 4 is 11.8 Å². The predicted molar refractivity (Wildman–Crippen MR) is 72.8 cm³/mol. The van der Waals surface area contributed by atoms with Crippen LogP contribution in [0.5, 0.6) is 0 Å². The Kier molecular flexibility index (Phi) is 11.1. The summed E-state index contributed by atoms with van der Waals surface area (Å²) in [5.41, 5.74) is 0. The molecule has 1 atom stereocenters. The van der Waals surface area contributed by atoms with Crippen LogP contribution in [0.25, 0.3) is 0 Å². The van der Waals surface area contributed by atoms with Crippen molar-refractivity contribution in [3.05, 3.63) is 0 Å². The maximum atomic E-state index is 8.97. The van der Waals surface area contributed by atoms with Gasteiger partial charge in [-0.15, -0.1) is 0 Å². The first-order valence-corrected chi connectivity index (χ1v) is 7.52. The van der Waals surface area contributed by atoms with Crippen molar-refractivity contribution in [3.63, 3.8) is 0 Å². The quantitative estimate of drug-likeness (QED) is 0.595. The van der Waals surface area contributed by atoms with Crippen LogP contribution in [-0.4, -0.2) is 49.1 Å². The maximum Gasteiger partial charge on any atom is 0.0953 e. The molecule has 94 valence electrons. The van der Waals surface area contributed by atoms with Crippen LogP contribution in [0.4, 0.5) is 0 Å². The minimum absolute atomic E-state index is 0.0303. The van der Waals surface area contributed by atoms with Gasteiger partial charge in [0.2, 0.25) is 0 Å². The summed E-state index contributed by atoms with van der Waals surface area (Å²) in [6.07, 6.45) is 4.20. The highest BCUT2D eigenvalue weighted by atomic mass is 32.2.